The molecule has 0 bridgehead atoms. The minimum Gasteiger partial charge on any atom is -0.313 e. The number of H-pyrrole nitrogens is 2. The van der Waals surface area contributed by atoms with Crippen LogP contribution in [0.5, 0.6) is 0 Å². The second kappa shape index (κ2) is 3.11. The molecule has 72 valence electrons. The van der Waals surface area contributed by atoms with Crippen LogP contribution in [-0.2, 0) is 0 Å². The highest BCUT2D eigenvalue weighted by atomic mass is 35.5. The molecule has 0 atom stereocenters. The zero-order valence-corrected chi connectivity index (χ0v) is 8.11. The highest BCUT2D eigenvalue weighted by Crippen LogP contribution is 2.25. The van der Waals surface area contributed by atoms with Crippen LogP contribution in [0.15, 0.2) is 15.8 Å². The van der Waals surface area contributed by atoms with Crippen molar-refractivity contribution in [1.29, 1.82) is 0 Å². The van der Waals surface area contributed by atoms with Gasteiger partial charge in [-0.3, -0.25) is 9.59 Å². The Morgan fingerprint density at radius 2 is 1.79 bits per heavy atom. The lowest BCUT2D eigenvalue weighted by atomic mass is 10.4. The summed E-state index contributed by atoms with van der Waals surface area (Å²) < 4.78 is 0. The Morgan fingerprint density at radius 3 is 2.50 bits per heavy atom. The first-order valence-electron chi connectivity index (χ1n) is 3.56. The summed E-state index contributed by atoms with van der Waals surface area (Å²) in [6.07, 6.45) is 1.29. The average Bonchev–Trinajstić information content (AvgIpc) is 2.15. The van der Waals surface area contributed by atoms with E-state index in [1.807, 2.05) is 0 Å². The molecule has 2 N–H and O–H groups in total. The molecule has 0 aliphatic rings. The molecule has 5 nitrogen and oxygen atoms in total. The molecule has 0 fully saturated rings. The van der Waals surface area contributed by atoms with Gasteiger partial charge in [0.05, 0.1) is 10.0 Å². The first-order chi connectivity index (χ1) is 6.59. The fourth-order valence-corrected chi connectivity index (χ4v) is 1.34. The lowest BCUT2D eigenvalue weighted by molar-refractivity contribution is 1.11. The Balaban J connectivity index is 3.04. The first-order valence-corrected chi connectivity index (χ1v) is 4.31. The third kappa shape index (κ3) is 1.30. The molecule has 2 rings (SSSR count). The highest BCUT2D eigenvalue weighted by Gasteiger charge is 2.07. The summed E-state index contributed by atoms with van der Waals surface area (Å²) in [6.45, 7) is 0. The van der Waals surface area contributed by atoms with Gasteiger partial charge in [-0.2, -0.15) is 0 Å². The van der Waals surface area contributed by atoms with Gasteiger partial charge < -0.3 is 9.97 Å². The van der Waals surface area contributed by atoms with Crippen LogP contribution in [0.3, 0.4) is 0 Å². The van der Waals surface area contributed by atoms with E-state index in [1.54, 1.807) is 0 Å². The molecule has 0 aliphatic carbocycles. The monoisotopic (exact) mass is 231 g/mol. The molecule has 0 aromatic carbocycles. The van der Waals surface area contributed by atoms with Crippen molar-refractivity contribution < 1.29 is 0 Å². The summed E-state index contributed by atoms with van der Waals surface area (Å²) in [5, 5.41) is 0.367. The zero-order chi connectivity index (χ0) is 10.3. The number of nitrogens with zero attached hydrogens (tertiary/aromatic N) is 1. The molecule has 0 aliphatic heterocycles. The standard InChI is InChI=1S/C7H3Cl2N3O2/c8-2-1-10-5-4(3(2)9)11-6(13)7(14)12-5/h1H,(H,11,13)(H,10,12,14). The van der Waals surface area contributed by atoms with Gasteiger partial charge in [-0.05, 0) is 0 Å². The summed E-state index contributed by atoms with van der Waals surface area (Å²) in [4.78, 5) is 30.2. The van der Waals surface area contributed by atoms with Gasteiger partial charge >= 0.3 is 11.1 Å². The topological polar surface area (TPSA) is 78.6 Å². The van der Waals surface area contributed by atoms with E-state index in [0.717, 1.165) is 0 Å². The van der Waals surface area contributed by atoms with Crippen molar-refractivity contribution in [1.82, 2.24) is 15.0 Å². The largest absolute Gasteiger partial charge is 0.315 e. The van der Waals surface area contributed by atoms with Crippen molar-refractivity contribution >= 4 is 34.4 Å². The van der Waals surface area contributed by atoms with Gasteiger partial charge in [0.25, 0.3) is 0 Å². The third-order valence-electron chi connectivity index (χ3n) is 1.65. The van der Waals surface area contributed by atoms with Crippen molar-refractivity contribution in [2.24, 2.45) is 0 Å². The van der Waals surface area contributed by atoms with Gasteiger partial charge in [0, 0.05) is 6.20 Å². The molecule has 7 heteroatoms. The zero-order valence-electron chi connectivity index (χ0n) is 6.60. The first kappa shape index (κ1) is 9.23. The molecule has 0 amide bonds. The molecule has 2 aromatic rings. The summed E-state index contributed by atoms with van der Waals surface area (Å²) in [7, 11) is 0. The quantitative estimate of drug-likeness (QED) is 0.662. The molecule has 0 spiro atoms. The minimum absolute atomic E-state index is 0.157. The minimum atomic E-state index is -0.788. The van der Waals surface area contributed by atoms with Crippen LogP contribution in [-0.4, -0.2) is 15.0 Å². The van der Waals surface area contributed by atoms with Gasteiger partial charge in [0.1, 0.15) is 5.52 Å². The molecular formula is C7H3Cl2N3O2. The van der Waals surface area contributed by atoms with Crippen LogP contribution in [0.25, 0.3) is 11.2 Å². The SMILES string of the molecule is O=c1[nH]c2ncc(Cl)c(Cl)c2[nH]c1=O. The maximum absolute atomic E-state index is 11.0. The second-order valence-electron chi connectivity index (χ2n) is 2.55. The van der Waals surface area contributed by atoms with E-state index < -0.39 is 11.1 Å². The second-order valence-corrected chi connectivity index (χ2v) is 3.34. The van der Waals surface area contributed by atoms with Gasteiger partial charge in [0.15, 0.2) is 5.65 Å². The summed E-state index contributed by atoms with van der Waals surface area (Å²) in [6, 6.07) is 0. The number of fused-ring (bicyclic) bond motifs is 1. The van der Waals surface area contributed by atoms with Crippen molar-refractivity contribution in [3.63, 3.8) is 0 Å². The lowest BCUT2D eigenvalue weighted by Gasteiger charge is -1.99. The van der Waals surface area contributed by atoms with Gasteiger partial charge in [-0.1, -0.05) is 23.2 Å². The van der Waals surface area contributed by atoms with Gasteiger partial charge in [-0.25, -0.2) is 4.98 Å². The van der Waals surface area contributed by atoms with Crippen LogP contribution >= 0.6 is 23.2 Å². The number of halogens is 2. The van der Waals surface area contributed by atoms with E-state index in [-0.39, 0.29) is 21.2 Å². The Labute approximate surface area is 86.7 Å². The normalized spacial score (nSPS) is 10.7. The number of hydrogen-bond donors (Lipinski definition) is 2. The van der Waals surface area contributed by atoms with Crippen molar-refractivity contribution in [2.75, 3.05) is 0 Å². The van der Waals surface area contributed by atoms with Crippen LogP contribution in [0.4, 0.5) is 0 Å². The van der Waals surface area contributed by atoms with Crippen molar-refractivity contribution in [2.45, 2.75) is 0 Å². The Hall–Kier alpha value is -1.33. The van der Waals surface area contributed by atoms with Crippen LogP contribution in [0.2, 0.25) is 10.0 Å². The summed E-state index contributed by atoms with van der Waals surface area (Å²) >= 11 is 11.5. The number of nitrogens with one attached hydrogen (secondary N) is 2. The molecule has 2 heterocycles. The van der Waals surface area contributed by atoms with E-state index in [0.29, 0.717) is 0 Å². The predicted molar refractivity (Wildman–Crippen MR) is 53.0 cm³/mol. The smallest absolute Gasteiger partial charge is 0.313 e. The summed E-state index contributed by atoms with van der Waals surface area (Å²) in [5.74, 6) is 0. The number of rotatable bonds is 0. The number of aromatic nitrogens is 3. The maximum Gasteiger partial charge on any atom is 0.315 e. The number of pyridine rings is 1. The van der Waals surface area contributed by atoms with E-state index in [9.17, 15) is 9.59 Å². The van der Waals surface area contributed by atoms with Gasteiger partial charge in [0.2, 0.25) is 0 Å². The Morgan fingerprint density at radius 1 is 1.14 bits per heavy atom. The Kier molecular flexibility index (Phi) is 2.05. The van der Waals surface area contributed by atoms with E-state index >= 15 is 0 Å². The number of aromatic amines is 2. The van der Waals surface area contributed by atoms with Crippen molar-refractivity contribution in [3.05, 3.63) is 36.9 Å². The number of hydrogen-bond acceptors (Lipinski definition) is 3. The van der Waals surface area contributed by atoms with Crippen LogP contribution < -0.4 is 11.1 Å². The van der Waals surface area contributed by atoms with Crippen molar-refractivity contribution in [3.8, 4) is 0 Å². The molecule has 2 aromatic heterocycles. The van der Waals surface area contributed by atoms with E-state index in [4.69, 9.17) is 23.2 Å². The molecule has 14 heavy (non-hydrogen) atoms. The van der Waals surface area contributed by atoms with Crippen LogP contribution in [0, 0.1) is 0 Å². The Bertz CT molecular complexity index is 616. The fraction of sp³-hybridized carbons (Fsp3) is 0. The highest BCUT2D eigenvalue weighted by molar-refractivity contribution is 6.44. The molecule has 0 saturated heterocycles. The molecule has 0 radical (unpaired) electrons. The molecule has 0 saturated carbocycles. The lowest BCUT2D eigenvalue weighted by Crippen LogP contribution is -2.29. The van der Waals surface area contributed by atoms with Crippen LogP contribution in [0.1, 0.15) is 0 Å². The summed E-state index contributed by atoms with van der Waals surface area (Å²) in [5.41, 5.74) is -1.14. The van der Waals surface area contributed by atoms with Gasteiger partial charge in [-0.15, -0.1) is 0 Å². The molecular weight excluding hydrogens is 229 g/mol. The van der Waals surface area contributed by atoms with E-state index in [1.165, 1.54) is 6.20 Å². The third-order valence-corrected chi connectivity index (χ3v) is 2.43. The molecule has 0 unspecified atom stereocenters. The van der Waals surface area contributed by atoms with E-state index in [2.05, 4.69) is 15.0 Å². The average molecular weight is 232 g/mol. The maximum atomic E-state index is 11.0. The predicted octanol–water partition coefficient (Wildman–Crippen LogP) is 0.918. The fourth-order valence-electron chi connectivity index (χ4n) is 1.01.